The van der Waals surface area contributed by atoms with E-state index in [2.05, 4.69) is 48.5 Å². The monoisotopic (exact) mass is 1370 g/mol. The number of ether oxygens (including phenoxy) is 4. The molecule has 552 valence electrons. The number of carbonyl (C=O) groups is 4. The molecule has 0 saturated heterocycles. The van der Waals surface area contributed by atoms with Gasteiger partial charge in [0.05, 0.1) is 26.4 Å². The first-order valence-corrected chi connectivity index (χ1v) is 41.4. The Hall–Kier alpha value is -1.94. The second kappa shape index (κ2) is 64.7. The van der Waals surface area contributed by atoms with Gasteiger partial charge in [-0.15, -0.1) is 0 Å². The summed E-state index contributed by atoms with van der Waals surface area (Å²) in [5.74, 6) is 0.190. The SMILES string of the molecule is CCCCCCCCCCCC(=O)OC[C@H](COP(=O)(O)OC[C@H](O)COP(=O)(O)OC[C@@H](COC(=O)CCCCCCCCCCCCCCCC(C)C)OC(=O)CCCCCCCCCCCCCCCCCC(C)C)OC(=O)CCCCCCCCC(C)CC. The summed E-state index contributed by atoms with van der Waals surface area (Å²) in [6, 6.07) is 0. The molecule has 3 N–H and O–H groups in total. The second-order valence-corrected chi connectivity index (χ2v) is 30.8. The summed E-state index contributed by atoms with van der Waals surface area (Å²) in [7, 11) is -9.91. The summed E-state index contributed by atoms with van der Waals surface area (Å²) in [5, 5.41) is 10.6. The van der Waals surface area contributed by atoms with Crippen molar-refractivity contribution in [2.45, 2.75) is 394 Å². The van der Waals surface area contributed by atoms with Crippen LogP contribution in [0, 0.1) is 17.8 Å². The number of hydrogen-bond acceptors (Lipinski definition) is 15. The molecule has 0 spiro atoms. The van der Waals surface area contributed by atoms with Crippen LogP contribution in [0.4, 0.5) is 0 Å². The lowest BCUT2D eigenvalue weighted by Gasteiger charge is -2.21. The third-order valence-corrected chi connectivity index (χ3v) is 19.4. The van der Waals surface area contributed by atoms with Crippen molar-refractivity contribution in [1.29, 1.82) is 0 Å². The van der Waals surface area contributed by atoms with Crippen LogP contribution in [-0.2, 0) is 65.4 Å². The highest BCUT2D eigenvalue weighted by Crippen LogP contribution is 2.45. The van der Waals surface area contributed by atoms with E-state index >= 15 is 0 Å². The molecule has 0 heterocycles. The Morgan fingerprint density at radius 2 is 0.548 bits per heavy atom. The van der Waals surface area contributed by atoms with E-state index in [4.69, 9.17) is 37.0 Å². The molecule has 0 saturated carbocycles. The lowest BCUT2D eigenvalue weighted by Crippen LogP contribution is -2.30. The average molecular weight is 1370 g/mol. The van der Waals surface area contributed by atoms with E-state index in [0.717, 1.165) is 108 Å². The molecule has 6 atom stereocenters. The Bertz CT molecular complexity index is 1820. The van der Waals surface area contributed by atoms with Gasteiger partial charge < -0.3 is 33.8 Å². The maximum absolute atomic E-state index is 13.1. The number of esters is 4. The van der Waals surface area contributed by atoms with E-state index in [1.54, 1.807) is 0 Å². The fraction of sp³-hybridized carbons (Fsp3) is 0.946. The Morgan fingerprint density at radius 1 is 0.312 bits per heavy atom. The summed E-state index contributed by atoms with van der Waals surface area (Å²) in [6.45, 7) is 11.9. The molecule has 17 nitrogen and oxygen atoms in total. The molecule has 0 aromatic rings. The molecular formula is C74H144O17P2. The second-order valence-electron chi connectivity index (χ2n) is 27.9. The van der Waals surface area contributed by atoms with Crippen LogP contribution in [0.1, 0.15) is 376 Å². The van der Waals surface area contributed by atoms with Gasteiger partial charge in [0.1, 0.15) is 19.3 Å². The minimum Gasteiger partial charge on any atom is -0.462 e. The number of rotatable bonds is 72. The molecule has 0 aromatic carbocycles. The number of phosphoric acid groups is 2. The van der Waals surface area contributed by atoms with E-state index in [1.807, 2.05) is 0 Å². The summed E-state index contributed by atoms with van der Waals surface area (Å²) in [5.41, 5.74) is 0. The average Bonchev–Trinajstić information content (AvgIpc) is 2.24. The van der Waals surface area contributed by atoms with E-state index < -0.39 is 97.5 Å². The van der Waals surface area contributed by atoms with E-state index in [1.165, 1.54) is 186 Å². The summed E-state index contributed by atoms with van der Waals surface area (Å²) in [4.78, 5) is 72.6. The largest absolute Gasteiger partial charge is 0.472 e. The number of unbranched alkanes of at least 4 members (excludes halogenated alkanes) is 39. The van der Waals surface area contributed by atoms with Gasteiger partial charge >= 0.3 is 39.5 Å². The molecule has 3 unspecified atom stereocenters. The van der Waals surface area contributed by atoms with Crippen molar-refractivity contribution < 1.29 is 80.2 Å². The molecule has 0 amide bonds. The Balaban J connectivity index is 5.22. The lowest BCUT2D eigenvalue weighted by molar-refractivity contribution is -0.161. The Kier molecular flexibility index (Phi) is 63.4. The number of hydrogen-bond donors (Lipinski definition) is 3. The standard InChI is InChI=1S/C74H144O17P2/c1-8-10-11-12-13-26-33-41-48-55-71(76)84-62-70(91-74(79)58-51-44-37-36-40-47-54-67(7)9-2)64-89-93(82,83)87-60-68(75)59-86-92(80,81)88-63-69(61-85-72(77)56-49-42-34-29-24-21-17-19-23-28-32-39-46-53-66(5)6)90-73(78)57-50-43-35-30-25-20-16-14-15-18-22-27-31-38-45-52-65(3)4/h65-70,75H,8-64H2,1-7H3,(H,80,81)(H,82,83)/t67?,68-,69-,70-/m1/s1. The maximum atomic E-state index is 13.1. The van der Waals surface area contributed by atoms with E-state index in [0.29, 0.717) is 25.7 Å². The molecule has 0 bridgehead atoms. The fourth-order valence-corrected chi connectivity index (χ4v) is 12.8. The molecule has 0 fully saturated rings. The predicted octanol–water partition coefficient (Wildman–Crippen LogP) is 21.4. The summed E-state index contributed by atoms with van der Waals surface area (Å²) < 4.78 is 68.4. The molecule has 19 heteroatoms. The molecule has 93 heavy (non-hydrogen) atoms. The van der Waals surface area contributed by atoms with Crippen LogP contribution >= 0.6 is 15.6 Å². The van der Waals surface area contributed by atoms with Crippen molar-refractivity contribution in [2.24, 2.45) is 17.8 Å². The number of aliphatic hydroxyl groups is 1. The lowest BCUT2D eigenvalue weighted by atomic mass is 10.00. The first kappa shape index (κ1) is 91.1. The van der Waals surface area contributed by atoms with Crippen LogP contribution in [0.25, 0.3) is 0 Å². The van der Waals surface area contributed by atoms with Gasteiger partial charge in [-0.05, 0) is 43.4 Å². The van der Waals surface area contributed by atoms with Crippen molar-refractivity contribution in [1.82, 2.24) is 0 Å². The highest BCUT2D eigenvalue weighted by molar-refractivity contribution is 7.47. The predicted molar refractivity (Wildman–Crippen MR) is 377 cm³/mol. The molecule has 0 aliphatic rings. The van der Waals surface area contributed by atoms with Crippen LogP contribution in [0.15, 0.2) is 0 Å². The molecule has 0 radical (unpaired) electrons. The zero-order valence-electron chi connectivity index (χ0n) is 60.7. The number of carbonyl (C=O) groups excluding carboxylic acids is 4. The Morgan fingerprint density at radius 3 is 0.817 bits per heavy atom. The van der Waals surface area contributed by atoms with Crippen LogP contribution in [-0.4, -0.2) is 96.7 Å². The quantitative estimate of drug-likeness (QED) is 0.0222. The van der Waals surface area contributed by atoms with Gasteiger partial charge in [-0.2, -0.15) is 0 Å². The normalized spacial score (nSPS) is 14.4. The van der Waals surface area contributed by atoms with Crippen LogP contribution in [0.2, 0.25) is 0 Å². The van der Waals surface area contributed by atoms with Crippen molar-refractivity contribution in [3.63, 3.8) is 0 Å². The highest BCUT2D eigenvalue weighted by Gasteiger charge is 2.30. The first-order chi connectivity index (χ1) is 44.8. The van der Waals surface area contributed by atoms with Crippen LogP contribution < -0.4 is 0 Å². The van der Waals surface area contributed by atoms with Gasteiger partial charge in [0.2, 0.25) is 0 Å². The highest BCUT2D eigenvalue weighted by atomic mass is 31.2. The van der Waals surface area contributed by atoms with Crippen LogP contribution in [0.3, 0.4) is 0 Å². The zero-order chi connectivity index (χ0) is 68.7. The number of phosphoric ester groups is 2. The van der Waals surface area contributed by atoms with Gasteiger partial charge in [-0.25, -0.2) is 9.13 Å². The van der Waals surface area contributed by atoms with Crippen molar-refractivity contribution >= 4 is 39.5 Å². The van der Waals surface area contributed by atoms with Crippen LogP contribution in [0.5, 0.6) is 0 Å². The molecule has 0 aromatic heterocycles. The fourth-order valence-electron chi connectivity index (χ4n) is 11.2. The number of aliphatic hydroxyl groups excluding tert-OH is 1. The van der Waals surface area contributed by atoms with E-state index in [9.17, 15) is 43.2 Å². The Labute approximate surface area is 568 Å². The third kappa shape index (κ3) is 67.0. The molecule has 0 aliphatic carbocycles. The van der Waals surface area contributed by atoms with Crippen molar-refractivity contribution in [3.05, 3.63) is 0 Å². The van der Waals surface area contributed by atoms with Crippen molar-refractivity contribution in [2.75, 3.05) is 39.6 Å². The first-order valence-electron chi connectivity index (χ1n) is 38.4. The summed E-state index contributed by atoms with van der Waals surface area (Å²) >= 11 is 0. The smallest absolute Gasteiger partial charge is 0.462 e. The maximum Gasteiger partial charge on any atom is 0.472 e. The van der Waals surface area contributed by atoms with Gasteiger partial charge in [0.25, 0.3) is 0 Å². The van der Waals surface area contributed by atoms with E-state index in [-0.39, 0.29) is 25.7 Å². The zero-order valence-corrected chi connectivity index (χ0v) is 62.5. The molecular weight excluding hydrogens is 1220 g/mol. The summed E-state index contributed by atoms with van der Waals surface area (Å²) in [6.07, 6.45) is 50.0. The topological polar surface area (TPSA) is 237 Å². The molecule has 0 aliphatic heterocycles. The van der Waals surface area contributed by atoms with Gasteiger partial charge in [-0.3, -0.25) is 37.3 Å². The van der Waals surface area contributed by atoms with Gasteiger partial charge in [0.15, 0.2) is 12.2 Å². The third-order valence-electron chi connectivity index (χ3n) is 17.5. The minimum atomic E-state index is -4.96. The van der Waals surface area contributed by atoms with Gasteiger partial charge in [0, 0.05) is 25.7 Å². The van der Waals surface area contributed by atoms with Gasteiger partial charge in [-0.1, -0.05) is 325 Å². The van der Waals surface area contributed by atoms with Crippen molar-refractivity contribution in [3.8, 4) is 0 Å². The minimum absolute atomic E-state index is 0.103. The molecule has 0 rings (SSSR count).